The summed E-state index contributed by atoms with van der Waals surface area (Å²) in [6.45, 7) is 12.2. The van der Waals surface area contributed by atoms with E-state index < -0.39 is 0 Å². The number of nitrogens with one attached hydrogen (secondary N) is 1. The Balaban J connectivity index is 2.66. The SMILES string of the molecule is CCCSCc1nc(C(C)C)c(CNC(C)CC)s1. The average Bonchev–Trinajstić information content (AvgIpc) is 2.79. The molecule has 1 atom stereocenters. The second-order valence-corrected chi connectivity index (χ2v) is 7.59. The van der Waals surface area contributed by atoms with Crippen molar-refractivity contribution in [1.29, 1.82) is 0 Å². The predicted octanol–water partition coefficient (Wildman–Crippen LogP) is 4.80. The van der Waals surface area contributed by atoms with E-state index >= 15 is 0 Å². The van der Waals surface area contributed by atoms with Crippen molar-refractivity contribution in [3.63, 3.8) is 0 Å². The van der Waals surface area contributed by atoms with Crippen molar-refractivity contribution in [2.45, 2.75) is 71.7 Å². The van der Waals surface area contributed by atoms with Crippen molar-refractivity contribution in [1.82, 2.24) is 10.3 Å². The van der Waals surface area contributed by atoms with Crippen LogP contribution in [0.25, 0.3) is 0 Å². The second kappa shape index (κ2) is 8.98. The number of thioether (sulfide) groups is 1. The fourth-order valence-electron chi connectivity index (χ4n) is 1.77. The largest absolute Gasteiger partial charge is 0.309 e. The highest BCUT2D eigenvalue weighted by Gasteiger charge is 2.14. The molecule has 2 nitrogen and oxygen atoms in total. The molecular formula is C15H28N2S2. The van der Waals surface area contributed by atoms with Crippen molar-refractivity contribution < 1.29 is 0 Å². The molecule has 0 aliphatic heterocycles. The summed E-state index contributed by atoms with van der Waals surface area (Å²) in [5.41, 5.74) is 1.30. The van der Waals surface area contributed by atoms with Crippen LogP contribution in [0.5, 0.6) is 0 Å². The molecule has 0 amide bonds. The second-order valence-electron chi connectivity index (χ2n) is 5.31. The van der Waals surface area contributed by atoms with Crippen molar-refractivity contribution >= 4 is 23.1 Å². The lowest BCUT2D eigenvalue weighted by Gasteiger charge is -2.11. The van der Waals surface area contributed by atoms with Gasteiger partial charge < -0.3 is 5.32 Å². The molecule has 0 fully saturated rings. The molecule has 0 aliphatic rings. The van der Waals surface area contributed by atoms with E-state index in [1.807, 2.05) is 23.1 Å². The van der Waals surface area contributed by atoms with Gasteiger partial charge in [0.25, 0.3) is 0 Å². The van der Waals surface area contributed by atoms with Gasteiger partial charge in [-0.05, 0) is 31.4 Å². The Morgan fingerprint density at radius 2 is 2.00 bits per heavy atom. The number of nitrogens with zero attached hydrogens (tertiary/aromatic N) is 1. The van der Waals surface area contributed by atoms with Crippen molar-refractivity contribution in [3.8, 4) is 0 Å². The summed E-state index contributed by atoms with van der Waals surface area (Å²) in [6.07, 6.45) is 2.42. The zero-order valence-electron chi connectivity index (χ0n) is 13.0. The molecule has 1 rings (SSSR count). The normalized spacial score (nSPS) is 13.2. The van der Waals surface area contributed by atoms with Crippen LogP contribution in [0.4, 0.5) is 0 Å². The fraction of sp³-hybridized carbons (Fsp3) is 0.800. The fourth-order valence-corrected chi connectivity index (χ4v) is 3.90. The standard InChI is InChI=1S/C15H28N2S2/c1-6-8-18-10-14-17-15(11(3)4)13(19-14)9-16-12(5)7-2/h11-12,16H,6-10H2,1-5H3. The molecule has 19 heavy (non-hydrogen) atoms. The molecule has 4 heteroatoms. The Bertz CT molecular complexity index is 361. The summed E-state index contributed by atoms with van der Waals surface area (Å²) in [5.74, 6) is 2.83. The van der Waals surface area contributed by atoms with Gasteiger partial charge in [0.05, 0.1) is 5.69 Å². The van der Waals surface area contributed by atoms with Gasteiger partial charge in [-0.15, -0.1) is 11.3 Å². The van der Waals surface area contributed by atoms with Gasteiger partial charge in [0.15, 0.2) is 0 Å². The van der Waals surface area contributed by atoms with E-state index in [0.717, 1.165) is 12.3 Å². The monoisotopic (exact) mass is 300 g/mol. The maximum absolute atomic E-state index is 4.84. The van der Waals surface area contributed by atoms with Gasteiger partial charge in [-0.1, -0.05) is 27.7 Å². The Labute approximate surface area is 126 Å². The van der Waals surface area contributed by atoms with Crippen LogP contribution in [-0.2, 0) is 12.3 Å². The summed E-state index contributed by atoms with van der Waals surface area (Å²) in [6, 6.07) is 0.583. The first-order valence-corrected chi connectivity index (χ1v) is 9.35. The van der Waals surface area contributed by atoms with Gasteiger partial charge in [0, 0.05) is 23.2 Å². The Morgan fingerprint density at radius 1 is 1.26 bits per heavy atom. The van der Waals surface area contributed by atoms with Crippen LogP contribution in [0.3, 0.4) is 0 Å². The third-order valence-electron chi connectivity index (χ3n) is 3.12. The molecule has 0 saturated carbocycles. The Kier molecular flexibility index (Phi) is 8.03. The highest BCUT2D eigenvalue weighted by atomic mass is 32.2. The van der Waals surface area contributed by atoms with E-state index in [4.69, 9.17) is 4.98 Å². The van der Waals surface area contributed by atoms with Gasteiger partial charge in [-0.3, -0.25) is 0 Å². The smallest absolute Gasteiger partial charge is 0.103 e. The van der Waals surface area contributed by atoms with Gasteiger partial charge in [-0.2, -0.15) is 11.8 Å². The lowest BCUT2D eigenvalue weighted by atomic mass is 10.1. The average molecular weight is 301 g/mol. The van der Waals surface area contributed by atoms with E-state index in [1.165, 1.54) is 34.2 Å². The van der Waals surface area contributed by atoms with Crippen LogP contribution >= 0.6 is 23.1 Å². The van der Waals surface area contributed by atoms with Crippen LogP contribution < -0.4 is 5.32 Å². The number of aromatic nitrogens is 1. The first-order chi connectivity index (χ1) is 9.08. The summed E-state index contributed by atoms with van der Waals surface area (Å²) >= 11 is 3.89. The van der Waals surface area contributed by atoms with Crippen LogP contribution in [0.15, 0.2) is 0 Å². The summed E-state index contributed by atoms with van der Waals surface area (Å²) in [7, 11) is 0. The number of hydrogen-bond donors (Lipinski definition) is 1. The molecule has 1 aromatic rings. The first kappa shape index (κ1) is 17.0. The Hall–Kier alpha value is -0.0600. The molecule has 0 bridgehead atoms. The quantitative estimate of drug-likeness (QED) is 0.663. The van der Waals surface area contributed by atoms with Crippen LogP contribution in [0.2, 0.25) is 0 Å². The zero-order chi connectivity index (χ0) is 14.3. The van der Waals surface area contributed by atoms with E-state index in [2.05, 4.69) is 39.9 Å². The van der Waals surface area contributed by atoms with Crippen molar-refractivity contribution in [3.05, 3.63) is 15.6 Å². The number of thiazole rings is 1. The molecule has 1 N–H and O–H groups in total. The number of rotatable bonds is 9. The van der Waals surface area contributed by atoms with E-state index in [1.54, 1.807) is 0 Å². The van der Waals surface area contributed by atoms with Crippen molar-refractivity contribution in [2.24, 2.45) is 0 Å². The maximum Gasteiger partial charge on any atom is 0.103 e. The molecule has 1 aromatic heterocycles. The van der Waals surface area contributed by atoms with Crippen LogP contribution in [-0.4, -0.2) is 16.8 Å². The van der Waals surface area contributed by atoms with Gasteiger partial charge in [0.1, 0.15) is 5.01 Å². The minimum atomic E-state index is 0.523. The topological polar surface area (TPSA) is 24.9 Å². The van der Waals surface area contributed by atoms with E-state index in [-0.39, 0.29) is 0 Å². The highest BCUT2D eigenvalue weighted by molar-refractivity contribution is 7.98. The maximum atomic E-state index is 4.84. The molecule has 0 radical (unpaired) electrons. The summed E-state index contributed by atoms with van der Waals surface area (Å²) < 4.78 is 0. The summed E-state index contributed by atoms with van der Waals surface area (Å²) in [5, 5.41) is 4.88. The lowest BCUT2D eigenvalue weighted by molar-refractivity contribution is 0.534. The highest BCUT2D eigenvalue weighted by Crippen LogP contribution is 2.27. The minimum absolute atomic E-state index is 0.523. The molecule has 110 valence electrons. The Morgan fingerprint density at radius 3 is 2.58 bits per heavy atom. The molecule has 0 spiro atoms. The first-order valence-electron chi connectivity index (χ1n) is 7.38. The molecule has 0 aromatic carbocycles. The zero-order valence-corrected chi connectivity index (χ0v) is 14.6. The van der Waals surface area contributed by atoms with Gasteiger partial charge in [0.2, 0.25) is 0 Å². The summed E-state index contributed by atoms with van der Waals surface area (Å²) in [4.78, 5) is 6.28. The molecule has 0 aliphatic carbocycles. The van der Waals surface area contributed by atoms with Gasteiger partial charge >= 0.3 is 0 Å². The molecule has 1 unspecified atom stereocenters. The van der Waals surface area contributed by atoms with Crippen LogP contribution in [0, 0.1) is 0 Å². The van der Waals surface area contributed by atoms with Crippen LogP contribution in [0.1, 0.15) is 69.0 Å². The third kappa shape index (κ3) is 5.84. The van der Waals surface area contributed by atoms with E-state index in [9.17, 15) is 0 Å². The molecular weight excluding hydrogens is 272 g/mol. The predicted molar refractivity (Wildman–Crippen MR) is 89.2 cm³/mol. The van der Waals surface area contributed by atoms with Crippen molar-refractivity contribution in [2.75, 3.05) is 5.75 Å². The molecule has 1 heterocycles. The van der Waals surface area contributed by atoms with Gasteiger partial charge in [-0.25, -0.2) is 4.98 Å². The molecule has 0 saturated heterocycles. The minimum Gasteiger partial charge on any atom is -0.309 e. The third-order valence-corrected chi connectivity index (χ3v) is 5.54. The van der Waals surface area contributed by atoms with E-state index in [0.29, 0.717) is 12.0 Å². The lowest BCUT2D eigenvalue weighted by Crippen LogP contribution is -2.24. The number of hydrogen-bond acceptors (Lipinski definition) is 4.